The first kappa shape index (κ1) is 23.4. The third-order valence-corrected chi connectivity index (χ3v) is 7.10. The van der Waals surface area contributed by atoms with Gasteiger partial charge in [0, 0.05) is 16.7 Å². The molecule has 1 aromatic carbocycles. The lowest BCUT2D eigenvalue weighted by atomic mass is 10.0. The lowest BCUT2D eigenvalue weighted by molar-refractivity contribution is -0.150. The van der Waals surface area contributed by atoms with Gasteiger partial charge in [0.1, 0.15) is 40.9 Å². The number of rotatable bonds is 8. The molecule has 0 bridgehead atoms. The van der Waals surface area contributed by atoms with Gasteiger partial charge in [-0.3, -0.25) is 14.5 Å². The monoisotopic (exact) mass is 505 g/mol. The molecule has 14 heteroatoms. The average molecular weight is 506 g/mol. The molecule has 0 radical (unpaired) electrons. The molecule has 4 rings (SSSR count). The number of oxime groups is 1. The van der Waals surface area contributed by atoms with Gasteiger partial charge in [0.25, 0.3) is 11.8 Å². The van der Waals surface area contributed by atoms with E-state index in [1.807, 2.05) is 0 Å². The highest BCUT2D eigenvalue weighted by Crippen LogP contribution is 2.40. The molecular weight excluding hydrogens is 486 g/mol. The number of fused-ring (bicyclic) bond motifs is 1. The first-order chi connectivity index (χ1) is 16.3. The van der Waals surface area contributed by atoms with Crippen molar-refractivity contribution >= 4 is 51.7 Å². The highest BCUT2D eigenvalue weighted by atomic mass is 32.2. The van der Waals surface area contributed by atoms with Gasteiger partial charge in [-0.15, -0.1) is 23.1 Å². The number of methoxy groups -OCH3 is 1. The molecule has 2 aromatic rings. The highest BCUT2D eigenvalue weighted by Gasteiger charge is 2.54. The molecule has 0 spiro atoms. The van der Waals surface area contributed by atoms with Gasteiger partial charge < -0.3 is 30.8 Å². The van der Waals surface area contributed by atoms with Crippen molar-refractivity contribution in [3.63, 3.8) is 0 Å². The van der Waals surface area contributed by atoms with E-state index in [2.05, 4.69) is 15.5 Å². The number of nitrogens with two attached hydrogens (primary N) is 1. The second-order valence-corrected chi connectivity index (χ2v) is 9.10. The number of thiazole rings is 1. The number of hydrogen-bond acceptors (Lipinski definition) is 11. The molecule has 178 valence electrons. The Bertz CT molecular complexity index is 1190. The van der Waals surface area contributed by atoms with E-state index in [0.29, 0.717) is 17.1 Å². The van der Waals surface area contributed by atoms with Gasteiger partial charge in [-0.1, -0.05) is 5.16 Å². The molecular formula is C20H19N5O7S2. The maximum absolute atomic E-state index is 12.8. The van der Waals surface area contributed by atoms with Gasteiger partial charge in [0.2, 0.25) is 0 Å². The van der Waals surface area contributed by atoms with E-state index >= 15 is 0 Å². The Kier molecular flexibility index (Phi) is 6.61. The maximum atomic E-state index is 12.8. The normalized spacial score (nSPS) is 19.9. The van der Waals surface area contributed by atoms with Crippen LogP contribution >= 0.6 is 23.1 Å². The smallest absolute Gasteiger partial charge is 0.352 e. The molecule has 2 amide bonds. The summed E-state index contributed by atoms with van der Waals surface area (Å²) >= 11 is 2.35. The zero-order valence-corrected chi connectivity index (χ0v) is 19.3. The van der Waals surface area contributed by atoms with Gasteiger partial charge in [-0.2, -0.15) is 0 Å². The molecule has 1 fully saturated rings. The zero-order valence-electron chi connectivity index (χ0n) is 17.6. The highest BCUT2D eigenvalue weighted by molar-refractivity contribution is 8.00. The molecule has 0 aliphatic carbocycles. The topological polar surface area (TPSA) is 177 Å². The number of nitrogen functional groups attached to an aromatic ring is 1. The first-order valence-corrected chi connectivity index (χ1v) is 11.7. The van der Waals surface area contributed by atoms with Crippen molar-refractivity contribution in [3.8, 4) is 11.5 Å². The number of nitrogens with zero attached hydrogens (tertiary/aromatic N) is 3. The van der Waals surface area contributed by atoms with Crippen molar-refractivity contribution in [1.29, 1.82) is 0 Å². The van der Waals surface area contributed by atoms with E-state index in [4.69, 9.17) is 15.2 Å². The fraction of sp³-hybridized carbons (Fsp3) is 0.250. The number of amides is 2. The third kappa shape index (κ3) is 4.36. The number of β-lactam (4-membered cyclic amide) rings is 1. The molecule has 34 heavy (non-hydrogen) atoms. The summed E-state index contributed by atoms with van der Waals surface area (Å²) in [5.41, 5.74) is 5.47. The molecule has 2 aliphatic rings. The van der Waals surface area contributed by atoms with Crippen LogP contribution in [0.25, 0.3) is 0 Å². The third-order valence-electron chi connectivity index (χ3n) is 5.09. The number of aromatic nitrogens is 1. The van der Waals surface area contributed by atoms with Crippen molar-refractivity contribution in [1.82, 2.24) is 15.2 Å². The molecule has 1 aromatic heterocycles. The van der Waals surface area contributed by atoms with Crippen LogP contribution in [0.1, 0.15) is 5.69 Å². The van der Waals surface area contributed by atoms with Crippen molar-refractivity contribution in [3.05, 3.63) is 46.6 Å². The fourth-order valence-electron chi connectivity index (χ4n) is 3.46. The molecule has 1 unspecified atom stereocenters. The van der Waals surface area contributed by atoms with Crippen molar-refractivity contribution < 1.29 is 34.2 Å². The van der Waals surface area contributed by atoms with Gasteiger partial charge in [0.05, 0.1) is 7.11 Å². The van der Waals surface area contributed by atoms with E-state index in [1.165, 1.54) is 17.1 Å². The number of carboxylic acid groups (broad SMARTS) is 1. The number of carboxylic acids is 1. The number of thioether (sulfide) groups is 1. The second-order valence-electron chi connectivity index (χ2n) is 7.10. The van der Waals surface area contributed by atoms with Crippen LogP contribution < -0.4 is 20.5 Å². The Morgan fingerprint density at radius 1 is 1.32 bits per heavy atom. The number of carbonyl (C=O) groups excluding carboxylic acids is 2. The number of nitrogens with one attached hydrogen (secondary N) is 1. The summed E-state index contributed by atoms with van der Waals surface area (Å²) in [4.78, 5) is 42.4. The lowest BCUT2D eigenvalue weighted by Gasteiger charge is -2.49. The summed E-state index contributed by atoms with van der Waals surface area (Å²) < 4.78 is 10.8. The summed E-state index contributed by atoms with van der Waals surface area (Å²) in [6.45, 7) is -0.0267. The SMILES string of the molecule is COc1ccc(OCC2=C(C(=O)O)N3C(=O)C(NC(=O)/C(=N\O)c4csc(N)n4)[C@H]3SC2)cc1. The van der Waals surface area contributed by atoms with E-state index in [9.17, 15) is 24.7 Å². The number of hydrogen-bond donors (Lipinski definition) is 4. The van der Waals surface area contributed by atoms with Crippen LogP contribution in [0.15, 0.2) is 46.1 Å². The Morgan fingerprint density at radius 2 is 2.03 bits per heavy atom. The maximum Gasteiger partial charge on any atom is 0.352 e. The number of benzene rings is 1. The standard InChI is InChI=1S/C20H19N5O7S2/c1-31-10-2-4-11(5-3-10)32-6-9-7-33-18-14(17(27)25(18)15(9)19(28)29)23-16(26)13(24-30)12-8-34-20(21)22-12/h2-5,8,14,18,30H,6-7H2,1H3,(H2,21,22)(H,23,26)(H,28,29)/b24-13-/t14?,18-/m1/s1. The van der Waals surface area contributed by atoms with Gasteiger partial charge in [-0.05, 0) is 24.3 Å². The number of ether oxygens (including phenoxy) is 2. The molecule has 12 nitrogen and oxygen atoms in total. The first-order valence-electron chi connectivity index (χ1n) is 9.75. The number of carbonyl (C=O) groups is 3. The van der Waals surface area contributed by atoms with Crippen LogP contribution in [-0.4, -0.2) is 74.6 Å². The summed E-state index contributed by atoms with van der Waals surface area (Å²) in [6, 6.07) is 5.81. The van der Waals surface area contributed by atoms with Crippen LogP contribution in [0.5, 0.6) is 11.5 Å². The van der Waals surface area contributed by atoms with Crippen LogP contribution in [0.3, 0.4) is 0 Å². The van der Waals surface area contributed by atoms with Gasteiger partial charge >= 0.3 is 5.97 Å². The molecule has 1 saturated heterocycles. The average Bonchev–Trinajstić information content (AvgIpc) is 3.26. The summed E-state index contributed by atoms with van der Waals surface area (Å²) in [5, 5.41) is 25.4. The van der Waals surface area contributed by atoms with E-state index in [-0.39, 0.29) is 28.9 Å². The van der Waals surface area contributed by atoms with Gasteiger partial charge in [-0.25, -0.2) is 9.78 Å². The molecule has 3 heterocycles. The second kappa shape index (κ2) is 9.61. The van der Waals surface area contributed by atoms with E-state index in [1.54, 1.807) is 31.4 Å². The molecule has 2 atom stereocenters. The van der Waals surface area contributed by atoms with E-state index in [0.717, 1.165) is 16.2 Å². The van der Waals surface area contributed by atoms with Crippen LogP contribution in [0.2, 0.25) is 0 Å². The quantitative estimate of drug-likeness (QED) is 0.173. The number of anilines is 1. The van der Waals surface area contributed by atoms with Crippen LogP contribution in [-0.2, 0) is 14.4 Å². The van der Waals surface area contributed by atoms with Crippen molar-refractivity contribution in [2.24, 2.45) is 5.16 Å². The molecule has 5 N–H and O–H groups in total. The Balaban J connectivity index is 1.46. The minimum atomic E-state index is -1.27. The van der Waals surface area contributed by atoms with Crippen LogP contribution in [0, 0.1) is 0 Å². The minimum absolute atomic E-state index is 0.0267. The van der Waals surface area contributed by atoms with Gasteiger partial charge in [0.15, 0.2) is 10.8 Å². The summed E-state index contributed by atoms with van der Waals surface area (Å²) in [5.74, 6) is -1.25. The van der Waals surface area contributed by atoms with Crippen molar-refractivity contribution in [2.75, 3.05) is 25.2 Å². The minimum Gasteiger partial charge on any atom is -0.497 e. The predicted octanol–water partition coefficient (Wildman–Crippen LogP) is 0.730. The summed E-state index contributed by atoms with van der Waals surface area (Å²) in [6.07, 6.45) is 0. The molecule has 0 saturated carbocycles. The zero-order chi connectivity index (χ0) is 24.4. The Morgan fingerprint density at radius 3 is 2.62 bits per heavy atom. The largest absolute Gasteiger partial charge is 0.497 e. The fourth-order valence-corrected chi connectivity index (χ4v) is 5.33. The van der Waals surface area contributed by atoms with E-state index < -0.39 is 34.9 Å². The van der Waals surface area contributed by atoms with Crippen molar-refractivity contribution in [2.45, 2.75) is 11.4 Å². The van der Waals surface area contributed by atoms with Crippen LogP contribution in [0.4, 0.5) is 5.13 Å². The molecule has 2 aliphatic heterocycles. The number of aliphatic carboxylic acids is 1. The Hall–Kier alpha value is -3.78. The predicted molar refractivity (Wildman–Crippen MR) is 123 cm³/mol. The lowest BCUT2D eigenvalue weighted by Crippen LogP contribution is -2.71. The Labute approximate surface area is 201 Å². The summed E-state index contributed by atoms with van der Waals surface area (Å²) in [7, 11) is 1.54.